The van der Waals surface area contributed by atoms with Gasteiger partial charge in [-0.25, -0.2) is 8.78 Å². The van der Waals surface area contributed by atoms with Crippen LogP contribution in [0.25, 0.3) is 0 Å². The lowest BCUT2D eigenvalue weighted by molar-refractivity contribution is -0.121. The number of nitrogens with one attached hydrogen (secondary N) is 2. The molecule has 1 aliphatic rings. The predicted octanol–water partition coefficient (Wildman–Crippen LogP) is 3.00. The highest BCUT2D eigenvalue weighted by molar-refractivity contribution is 6.02. The SMILES string of the molecule is C[C@H](NC1=NCc2cc(CC(=O)N[C@H](C)c3ccccc3)ncc21)C(F)F. The number of aliphatic imine (C=N–C) groups is 1. The van der Waals surface area contributed by atoms with Crippen molar-refractivity contribution in [1.82, 2.24) is 15.6 Å². The van der Waals surface area contributed by atoms with Gasteiger partial charge in [0.05, 0.1) is 30.7 Å². The van der Waals surface area contributed by atoms with E-state index in [1.807, 2.05) is 43.3 Å². The summed E-state index contributed by atoms with van der Waals surface area (Å²) >= 11 is 0. The summed E-state index contributed by atoms with van der Waals surface area (Å²) in [6.07, 6.45) is -0.727. The van der Waals surface area contributed by atoms with Crippen molar-refractivity contribution in [2.24, 2.45) is 4.99 Å². The zero-order valence-corrected chi connectivity index (χ0v) is 15.2. The van der Waals surface area contributed by atoms with E-state index >= 15 is 0 Å². The molecule has 2 heterocycles. The molecule has 0 aliphatic carbocycles. The number of carbonyl (C=O) groups is 1. The van der Waals surface area contributed by atoms with Crippen LogP contribution < -0.4 is 10.6 Å². The third kappa shape index (κ3) is 4.67. The molecule has 0 radical (unpaired) electrons. The molecular weight excluding hydrogens is 350 g/mol. The maximum absolute atomic E-state index is 12.7. The molecule has 0 bridgehead atoms. The smallest absolute Gasteiger partial charge is 0.258 e. The van der Waals surface area contributed by atoms with Gasteiger partial charge < -0.3 is 10.6 Å². The number of amidine groups is 1. The van der Waals surface area contributed by atoms with Gasteiger partial charge >= 0.3 is 0 Å². The summed E-state index contributed by atoms with van der Waals surface area (Å²) in [6, 6.07) is 10.5. The van der Waals surface area contributed by atoms with Crippen molar-refractivity contribution in [3.05, 3.63) is 65.0 Å². The Balaban J connectivity index is 1.61. The number of alkyl halides is 2. The van der Waals surface area contributed by atoms with E-state index in [-0.39, 0.29) is 18.4 Å². The fourth-order valence-corrected chi connectivity index (χ4v) is 2.92. The molecule has 0 saturated heterocycles. The molecule has 5 nitrogen and oxygen atoms in total. The van der Waals surface area contributed by atoms with E-state index < -0.39 is 12.5 Å². The first-order valence-electron chi connectivity index (χ1n) is 8.85. The van der Waals surface area contributed by atoms with Gasteiger partial charge in [-0.3, -0.25) is 14.8 Å². The van der Waals surface area contributed by atoms with Gasteiger partial charge in [0, 0.05) is 11.8 Å². The second-order valence-corrected chi connectivity index (χ2v) is 6.64. The minimum atomic E-state index is -2.47. The molecule has 2 aromatic rings. The number of rotatable bonds is 6. The van der Waals surface area contributed by atoms with Crippen molar-refractivity contribution in [3.8, 4) is 0 Å². The van der Waals surface area contributed by atoms with E-state index in [0.29, 0.717) is 23.6 Å². The standard InChI is InChI=1S/C20H22F2N4O/c1-12(14-6-4-3-5-7-14)25-18(27)9-16-8-15-10-24-20(17(15)11-23-16)26-13(2)19(21)22/h3-8,11-13,19H,9-10H2,1-2H3,(H,24,26)(H,25,27)/t12-,13+/m1/s1. The number of fused-ring (bicyclic) bond motifs is 1. The van der Waals surface area contributed by atoms with Gasteiger partial charge in [-0.2, -0.15) is 0 Å². The molecule has 3 rings (SSSR count). The van der Waals surface area contributed by atoms with Gasteiger partial charge in [0.15, 0.2) is 0 Å². The lowest BCUT2D eigenvalue weighted by atomic mass is 10.1. The van der Waals surface area contributed by atoms with Crippen molar-refractivity contribution in [1.29, 1.82) is 0 Å². The molecule has 0 unspecified atom stereocenters. The fraction of sp³-hybridized carbons (Fsp3) is 0.350. The number of nitrogens with zero attached hydrogens (tertiary/aromatic N) is 2. The lowest BCUT2D eigenvalue weighted by Gasteiger charge is -2.15. The molecule has 0 spiro atoms. The highest BCUT2D eigenvalue weighted by Gasteiger charge is 2.22. The summed E-state index contributed by atoms with van der Waals surface area (Å²) in [5, 5.41) is 5.68. The monoisotopic (exact) mass is 372 g/mol. The van der Waals surface area contributed by atoms with Crippen LogP contribution in [0.2, 0.25) is 0 Å². The van der Waals surface area contributed by atoms with Crippen LogP contribution in [-0.2, 0) is 17.8 Å². The second kappa shape index (κ2) is 8.24. The topological polar surface area (TPSA) is 66.4 Å². The van der Waals surface area contributed by atoms with Crippen LogP contribution in [0.3, 0.4) is 0 Å². The molecule has 0 fully saturated rings. The Morgan fingerprint density at radius 1 is 1.22 bits per heavy atom. The number of aromatic nitrogens is 1. The Morgan fingerprint density at radius 3 is 2.67 bits per heavy atom. The maximum Gasteiger partial charge on any atom is 0.258 e. The minimum absolute atomic E-state index is 0.0944. The van der Waals surface area contributed by atoms with Crippen LogP contribution in [0.4, 0.5) is 8.78 Å². The van der Waals surface area contributed by atoms with Crippen molar-refractivity contribution < 1.29 is 13.6 Å². The molecular formula is C20H22F2N4O. The van der Waals surface area contributed by atoms with Gasteiger partial charge in [0.1, 0.15) is 5.84 Å². The number of benzene rings is 1. The normalized spacial score (nSPS) is 15.1. The number of hydrogen-bond acceptors (Lipinski definition) is 4. The first-order valence-corrected chi connectivity index (χ1v) is 8.85. The quantitative estimate of drug-likeness (QED) is 0.819. The van der Waals surface area contributed by atoms with Crippen LogP contribution in [-0.4, -0.2) is 29.2 Å². The van der Waals surface area contributed by atoms with Gasteiger partial charge in [-0.15, -0.1) is 0 Å². The second-order valence-electron chi connectivity index (χ2n) is 6.64. The Hall–Kier alpha value is -2.83. The first kappa shape index (κ1) is 18.9. The molecule has 27 heavy (non-hydrogen) atoms. The van der Waals surface area contributed by atoms with Crippen LogP contribution in [0.5, 0.6) is 0 Å². The summed E-state index contributed by atoms with van der Waals surface area (Å²) < 4.78 is 25.4. The van der Waals surface area contributed by atoms with E-state index in [0.717, 1.165) is 11.1 Å². The van der Waals surface area contributed by atoms with E-state index in [4.69, 9.17) is 0 Å². The first-order chi connectivity index (χ1) is 12.9. The predicted molar refractivity (Wildman–Crippen MR) is 99.8 cm³/mol. The number of hydrogen-bond donors (Lipinski definition) is 2. The highest BCUT2D eigenvalue weighted by atomic mass is 19.3. The summed E-state index contributed by atoms with van der Waals surface area (Å²) in [6.45, 7) is 3.73. The minimum Gasteiger partial charge on any atom is -0.362 e. The van der Waals surface area contributed by atoms with E-state index in [1.54, 1.807) is 6.20 Å². The number of carbonyl (C=O) groups excluding carboxylic acids is 1. The molecule has 2 N–H and O–H groups in total. The summed E-state index contributed by atoms with van der Waals surface area (Å²) in [5.74, 6) is 0.307. The third-order valence-electron chi connectivity index (χ3n) is 4.47. The van der Waals surface area contributed by atoms with E-state index in [9.17, 15) is 13.6 Å². The molecule has 1 aliphatic heterocycles. The highest BCUT2D eigenvalue weighted by Crippen LogP contribution is 2.19. The van der Waals surface area contributed by atoms with Crippen molar-refractivity contribution in [2.75, 3.05) is 0 Å². The molecule has 2 atom stereocenters. The van der Waals surface area contributed by atoms with E-state index in [1.165, 1.54) is 6.92 Å². The zero-order chi connectivity index (χ0) is 19.4. The Labute approximate surface area is 156 Å². The summed E-state index contributed by atoms with van der Waals surface area (Å²) in [7, 11) is 0. The van der Waals surface area contributed by atoms with Gasteiger partial charge in [-0.1, -0.05) is 30.3 Å². The summed E-state index contributed by atoms with van der Waals surface area (Å²) in [4.78, 5) is 20.9. The molecule has 7 heteroatoms. The average Bonchev–Trinajstić information content (AvgIpc) is 3.04. The third-order valence-corrected chi connectivity index (χ3v) is 4.47. The molecule has 0 saturated carbocycles. The maximum atomic E-state index is 12.7. The van der Waals surface area contributed by atoms with E-state index in [2.05, 4.69) is 20.6 Å². The molecule has 1 aromatic carbocycles. The average molecular weight is 372 g/mol. The number of amides is 1. The van der Waals surface area contributed by atoms with Crippen LogP contribution in [0.15, 0.2) is 47.6 Å². The number of pyridine rings is 1. The Kier molecular flexibility index (Phi) is 5.78. The lowest BCUT2D eigenvalue weighted by Crippen LogP contribution is -2.37. The molecule has 142 valence electrons. The van der Waals surface area contributed by atoms with Crippen molar-refractivity contribution in [3.63, 3.8) is 0 Å². The largest absolute Gasteiger partial charge is 0.362 e. The van der Waals surface area contributed by atoms with Crippen molar-refractivity contribution in [2.45, 2.75) is 45.3 Å². The van der Waals surface area contributed by atoms with Crippen LogP contribution in [0.1, 0.15) is 42.3 Å². The van der Waals surface area contributed by atoms with Crippen molar-refractivity contribution >= 4 is 11.7 Å². The fourth-order valence-electron chi connectivity index (χ4n) is 2.92. The zero-order valence-electron chi connectivity index (χ0n) is 15.2. The van der Waals surface area contributed by atoms with Crippen LogP contribution in [0, 0.1) is 0 Å². The molecule has 1 aromatic heterocycles. The van der Waals surface area contributed by atoms with Gasteiger partial charge in [-0.05, 0) is 31.0 Å². The van der Waals surface area contributed by atoms with Gasteiger partial charge in [0.2, 0.25) is 5.91 Å². The van der Waals surface area contributed by atoms with Crippen LogP contribution >= 0.6 is 0 Å². The molecule has 1 amide bonds. The Morgan fingerprint density at radius 2 is 1.96 bits per heavy atom. The summed E-state index contributed by atoms with van der Waals surface area (Å²) in [5.41, 5.74) is 3.26. The Bertz CT molecular complexity index is 839. The number of halogens is 2. The van der Waals surface area contributed by atoms with Gasteiger partial charge in [0.25, 0.3) is 6.43 Å².